The zero-order valence-electron chi connectivity index (χ0n) is 55.3. The molecule has 0 aliphatic carbocycles. The Labute approximate surface area is 545 Å². The number of rotatable bonds is 52. The molecule has 0 saturated carbocycles. The lowest BCUT2D eigenvalue weighted by Crippen LogP contribution is -2.66. The molecule has 91 heavy (non-hydrogen) atoms. The minimum Gasteiger partial charge on any atom is -0.394 e. The Kier molecular flexibility index (Phi) is 47.7. The third-order valence-corrected chi connectivity index (χ3v) is 16.9. The van der Waals surface area contributed by atoms with Gasteiger partial charge in [-0.3, -0.25) is 4.79 Å². The van der Waals surface area contributed by atoms with Crippen molar-refractivity contribution in [2.75, 3.05) is 26.4 Å². The fourth-order valence-electron chi connectivity index (χ4n) is 11.2. The topological polar surface area (TPSA) is 307 Å². The first-order valence-corrected chi connectivity index (χ1v) is 35.0. The zero-order valence-corrected chi connectivity index (χ0v) is 55.3. The van der Waals surface area contributed by atoms with Crippen molar-refractivity contribution in [3.63, 3.8) is 0 Å². The maximum absolute atomic E-state index is 13.3. The summed E-state index contributed by atoms with van der Waals surface area (Å²) in [5.41, 5.74) is 0. The number of carbonyl (C=O) groups is 1. The Morgan fingerprint density at radius 2 is 0.769 bits per heavy atom. The van der Waals surface area contributed by atoms with Crippen molar-refractivity contribution in [3.8, 4) is 0 Å². The number of aliphatic hydroxyl groups is 11. The van der Waals surface area contributed by atoms with Gasteiger partial charge in [-0.25, -0.2) is 0 Å². The lowest BCUT2D eigenvalue weighted by molar-refractivity contribution is -0.379. The van der Waals surface area contributed by atoms with Gasteiger partial charge < -0.3 is 89.9 Å². The van der Waals surface area contributed by atoms with E-state index >= 15 is 0 Å². The Balaban J connectivity index is 1.44. The maximum atomic E-state index is 13.3. The molecule has 3 rings (SSSR count). The highest BCUT2D eigenvalue weighted by molar-refractivity contribution is 5.77. The van der Waals surface area contributed by atoms with Crippen molar-refractivity contribution < 1.29 is 89.4 Å². The second kappa shape index (κ2) is 52.9. The van der Waals surface area contributed by atoms with E-state index in [1.165, 1.54) is 135 Å². The van der Waals surface area contributed by atoms with E-state index in [9.17, 15) is 61.0 Å². The van der Waals surface area contributed by atoms with Crippen LogP contribution in [0.25, 0.3) is 0 Å². The van der Waals surface area contributed by atoms with E-state index in [1.807, 2.05) is 24.3 Å². The Morgan fingerprint density at radius 1 is 0.407 bits per heavy atom. The van der Waals surface area contributed by atoms with Crippen LogP contribution >= 0.6 is 0 Å². The standard InChI is InChI=1S/C72H123NO18/c1-3-5-7-9-11-13-15-17-19-20-21-22-23-24-25-26-27-28-29-30-31-32-33-34-36-37-39-41-43-45-47-49-56(77)55(73-60(78)50-48-46-44-42-40-38-35-18-16-14-12-10-8-6-4-2)54-86-70-66(84)63(81)68(58(52-75)88-70)91-72-67(85)64(82)69(59(53-76)89-72)90-71-65(83)62(80)61(79)57(51-74)87-71/h6,8,12,14,18,33-35,39-42,46-49,55-59,61-72,74-77,79-85H,3-5,7,9-11,13,15-17,19-32,36-38,43-45,50-54H2,1-2H3,(H,73,78)/b8-6-,14-12-,34-33+,35-18-,41-39+,42-40-,48-46-,49-47+. The number of amides is 1. The lowest BCUT2D eigenvalue weighted by atomic mass is 9.96. The Morgan fingerprint density at radius 3 is 1.21 bits per heavy atom. The number of nitrogens with one attached hydrogen (secondary N) is 1. The van der Waals surface area contributed by atoms with E-state index < -0.39 is 137 Å². The molecule has 12 N–H and O–H groups in total. The molecule has 3 saturated heterocycles. The number of carbonyl (C=O) groups excluding carboxylic acids is 1. The van der Waals surface area contributed by atoms with Crippen LogP contribution in [-0.4, -0.2) is 193 Å². The van der Waals surface area contributed by atoms with Gasteiger partial charge in [-0.15, -0.1) is 0 Å². The number of ether oxygens (including phenoxy) is 6. The zero-order chi connectivity index (χ0) is 66.1. The van der Waals surface area contributed by atoms with Crippen LogP contribution in [-0.2, 0) is 33.2 Å². The van der Waals surface area contributed by atoms with Crippen LogP contribution in [0.3, 0.4) is 0 Å². The monoisotopic (exact) mass is 1290 g/mol. The Bertz CT molecular complexity index is 2030. The fraction of sp³-hybridized carbons (Fsp3) is 0.764. The SMILES string of the molecule is CC/C=C\C/C=C\C/C=C\C/C=C\C/C=C\CC(=O)NC(COC1OC(CO)C(OC2OC(CO)C(OC3OC(CO)C(O)C(O)C3O)C(O)C2O)C(O)C1O)C(O)/C=C/CC/C=C/CC/C=C/CCCCCCCCCCCCCCCCCCCCCCC. The molecule has 17 unspecified atom stereocenters. The highest BCUT2D eigenvalue weighted by Gasteiger charge is 2.53. The summed E-state index contributed by atoms with van der Waals surface area (Å²) in [5.74, 6) is -0.419. The van der Waals surface area contributed by atoms with Gasteiger partial charge in [0.2, 0.25) is 5.91 Å². The molecule has 524 valence electrons. The third-order valence-electron chi connectivity index (χ3n) is 16.9. The summed E-state index contributed by atoms with van der Waals surface area (Å²) < 4.78 is 34.2. The van der Waals surface area contributed by atoms with Crippen LogP contribution in [0.2, 0.25) is 0 Å². The van der Waals surface area contributed by atoms with Crippen LogP contribution in [0.5, 0.6) is 0 Å². The molecular weight excluding hydrogens is 1170 g/mol. The highest BCUT2D eigenvalue weighted by Crippen LogP contribution is 2.33. The molecule has 3 aliphatic heterocycles. The normalized spacial score (nSPS) is 28.5. The molecule has 0 aromatic carbocycles. The van der Waals surface area contributed by atoms with E-state index in [4.69, 9.17) is 28.4 Å². The van der Waals surface area contributed by atoms with Gasteiger partial charge in [-0.1, -0.05) is 239 Å². The maximum Gasteiger partial charge on any atom is 0.224 e. The van der Waals surface area contributed by atoms with Gasteiger partial charge >= 0.3 is 0 Å². The first-order valence-electron chi connectivity index (χ1n) is 35.0. The molecule has 1 amide bonds. The van der Waals surface area contributed by atoms with E-state index in [1.54, 1.807) is 12.2 Å². The molecule has 0 radical (unpaired) electrons. The predicted octanol–water partition coefficient (Wildman–Crippen LogP) is 9.27. The van der Waals surface area contributed by atoms with Gasteiger partial charge in [0.25, 0.3) is 0 Å². The molecule has 17 atom stereocenters. The average molecular weight is 1290 g/mol. The third kappa shape index (κ3) is 34.8. The quantitative estimate of drug-likeness (QED) is 0.0199. The van der Waals surface area contributed by atoms with Crippen LogP contribution in [0.4, 0.5) is 0 Å². The van der Waals surface area contributed by atoms with Crippen LogP contribution < -0.4 is 5.32 Å². The highest BCUT2D eigenvalue weighted by atomic mass is 16.8. The summed E-state index contributed by atoms with van der Waals surface area (Å²) >= 11 is 0. The predicted molar refractivity (Wildman–Crippen MR) is 355 cm³/mol. The number of aliphatic hydroxyl groups excluding tert-OH is 11. The van der Waals surface area contributed by atoms with Gasteiger partial charge in [0, 0.05) is 6.42 Å². The lowest BCUT2D eigenvalue weighted by Gasteiger charge is -2.48. The second-order valence-corrected chi connectivity index (χ2v) is 24.6. The Hall–Kier alpha value is -3.29. The van der Waals surface area contributed by atoms with E-state index in [-0.39, 0.29) is 6.42 Å². The van der Waals surface area contributed by atoms with Gasteiger partial charge in [-0.05, 0) is 70.6 Å². The largest absolute Gasteiger partial charge is 0.394 e. The number of hydrogen-bond donors (Lipinski definition) is 12. The molecular formula is C72H123NO18. The first-order chi connectivity index (χ1) is 44.3. The molecule has 3 heterocycles. The molecule has 19 heteroatoms. The first kappa shape index (κ1) is 81.9. The average Bonchev–Trinajstić information content (AvgIpc) is 0.883. The van der Waals surface area contributed by atoms with Gasteiger partial charge in [0.15, 0.2) is 18.9 Å². The summed E-state index contributed by atoms with van der Waals surface area (Å²) in [5, 5.41) is 120. The number of hydrogen-bond acceptors (Lipinski definition) is 18. The number of allylic oxidation sites excluding steroid dienone is 14. The summed E-state index contributed by atoms with van der Waals surface area (Å²) in [7, 11) is 0. The summed E-state index contributed by atoms with van der Waals surface area (Å²) in [6, 6.07) is -1.06. The smallest absolute Gasteiger partial charge is 0.224 e. The molecule has 3 aliphatic rings. The summed E-state index contributed by atoms with van der Waals surface area (Å²) in [6.45, 7) is 1.51. The molecule has 19 nitrogen and oxygen atoms in total. The molecule has 0 bridgehead atoms. The van der Waals surface area contributed by atoms with E-state index in [0.717, 1.165) is 51.4 Å². The summed E-state index contributed by atoms with van der Waals surface area (Å²) in [4.78, 5) is 13.3. The molecule has 0 aromatic heterocycles. The van der Waals surface area contributed by atoms with Crippen molar-refractivity contribution >= 4 is 5.91 Å². The van der Waals surface area contributed by atoms with E-state index in [0.29, 0.717) is 12.8 Å². The van der Waals surface area contributed by atoms with E-state index in [2.05, 4.69) is 79.9 Å². The van der Waals surface area contributed by atoms with Gasteiger partial charge in [0.1, 0.15) is 73.2 Å². The summed E-state index contributed by atoms with van der Waals surface area (Å²) in [6.07, 6.45) is 43.0. The molecule has 0 aromatic rings. The van der Waals surface area contributed by atoms with Crippen LogP contribution in [0, 0.1) is 0 Å². The van der Waals surface area contributed by atoms with Crippen molar-refractivity contribution in [1.82, 2.24) is 5.32 Å². The van der Waals surface area contributed by atoms with Crippen LogP contribution in [0.1, 0.15) is 219 Å². The van der Waals surface area contributed by atoms with Crippen molar-refractivity contribution in [1.29, 1.82) is 0 Å². The number of unbranched alkanes of at least 4 members (excludes halogenated alkanes) is 23. The van der Waals surface area contributed by atoms with Crippen molar-refractivity contribution in [2.24, 2.45) is 0 Å². The van der Waals surface area contributed by atoms with Crippen LogP contribution in [0.15, 0.2) is 97.2 Å². The van der Waals surface area contributed by atoms with Crippen molar-refractivity contribution in [2.45, 2.75) is 324 Å². The molecule has 3 fully saturated rings. The minimum absolute atomic E-state index is 0.00544. The van der Waals surface area contributed by atoms with Gasteiger partial charge in [0.05, 0.1) is 38.6 Å². The van der Waals surface area contributed by atoms with Crippen molar-refractivity contribution in [3.05, 3.63) is 97.2 Å². The second-order valence-electron chi connectivity index (χ2n) is 24.6. The molecule has 0 spiro atoms. The fourth-order valence-corrected chi connectivity index (χ4v) is 11.2. The minimum atomic E-state index is -2.00. The van der Waals surface area contributed by atoms with Gasteiger partial charge in [-0.2, -0.15) is 0 Å².